The van der Waals surface area contributed by atoms with Crippen molar-refractivity contribution in [3.05, 3.63) is 254 Å². The Morgan fingerprint density at radius 3 is 1.33 bits per heavy atom. The van der Waals surface area contributed by atoms with E-state index in [2.05, 4.69) is 252 Å². The van der Waals surface area contributed by atoms with Gasteiger partial charge in [-0.05, 0) is 168 Å². The van der Waals surface area contributed by atoms with Crippen LogP contribution in [0.1, 0.15) is 43.2 Å². The van der Waals surface area contributed by atoms with Gasteiger partial charge in [0.25, 0.3) is 0 Å². The second-order valence-corrected chi connectivity index (χ2v) is 23.5. The molecule has 0 aliphatic heterocycles. The molecule has 5 heteroatoms. The molecular weight excluding hydrogens is 989 g/mol. The van der Waals surface area contributed by atoms with Crippen molar-refractivity contribution in [3.63, 3.8) is 0 Å². The summed E-state index contributed by atoms with van der Waals surface area (Å²) < 4.78 is 21.4. The Kier molecular flexibility index (Phi) is 9.63. The van der Waals surface area contributed by atoms with Gasteiger partial charge >= 0.3 is 0 Å². The maximum absolute atomic E-state index is 7.48. The van der Waals surface area contributed by atoms with Crippen LogP contribution in [0, 0.1) is 23.7 Å². The van der Waals surface area contributed by atoms with Crippen molar-refractivity contribution in [3.8, 4) is 33.4 Å². The molecule has 0 unspecified atom stereocenters. The van der Waals surface area contributed by atoms with E-state index in [1.807, 2.05) is 0 Å². The van der Waals surface area contributed by atoms with Crippen LogP contribution < -0.4 is 9.80 Å². The average Bonchev–Trinajstić information content (AvgIpc) is 4.32. The fourth-order valence-corrected chi connectivity index (χ4v) is 16.4. The number of hydrogen-bond acceptors (Lipinski definition) is 5. The summed E-state index contributed by atoms with van der Waals surface area (Å²) >= 11 is 0. The fourth-order valence-electron chi connectivity index (χ4n) is 16.4. The van der Waals surface area contributed by atoms with Gasteiger partial charge in [0.15, 0.2) is 11.2 Å². The molecule has 4 saturated carbocycles. The highest BCUT2D eigenvalue weighted by molar-refractivity contribution is 6.20. The second-order valence-electron chi connectivity index (χ2n) is 23.5. The number of rotatable bonds is 8. The zero-order chi connectivity index (χ0) is 52.9. The molecule has 5 aliphatic rings. The number of para-hydroxylation sites is 5. The van der Waals surface area contributed by atoms with Crippen LogP contribution in [0.5, 0.6) is 0 Å². The largest absolute Gasteiger partial charge is 0.455 e. The van der Waals surface area contributed by atoms with E-state index in [0.29, 0.717) is 11.8 Å². The fraction of sp³-hybridized carbons (Fsp3) is 0.132. The van der Waals surface area contributed by atoms with Crippen molar-refractivity contribution in [2.24, 2.45) is 23.7 Å². The summed E-state index contributed by atoms with van der Waals surface area (Å²) in [7, 11) is 0. The summed E-state index contributed by atoms with van der Waals surface area (Å²) in [6, 6.07) is 88.6. The second kappa shape index (κ2) is 17.2. The number of furan rings is 3. The summed E-state index contributed by atoms with van der Waals surface area (Å²) in [5, 5.41) is 6.64. The highest BCUT2D eigenvalue weighted by Crippen LogP contribution is 2.71. The lowest BCUT2D eigenvalue weighted by Crippen LogP contribution is -2.55. The third-order valence-corrected chi connectivity index (χ3v) is 19.4. The minimum absolute atomic E-state index is 0.265. The van der Waals surface area contributed by atoms with Gasteiger partial charge < -0.3 is 23.1 Å². The monoisotopic (exact) mass is 1040 g/mol. The van der Waals surface area contributed by atoms with Crippen molar-refractivity contribution in [1.82, 2.24) is 0 Å². The maximum atomic E-state index is 7.48. The summed E-state index contributed by atoms with van der Waals surface area (Å²) in [5.74, 6) is 2.43. The molecule has 3 heterocycles. The van der Waals surface area contributed by atoms with Gasteiger partial charge in [0.2, 0.25) is 0 Å². The van der Waals surface area contributed by atoms with Crippen molar-refractivity contribution in [2.45, 2.75) is 37.5 Å². The number of hydrogen-bond donors (Lipinski definition) is 0. The van der Waals surface area contributed by atoms with Gasteiger partial charge in [-0.15, -0.1) is 0 Å². The molecule has 0 N–H and O–H groups in total. The molecule has 0 amide bonds. The maximum Gasteiger partial charge on any atom is 0.159 e. The third-order valence-electron chi connectivity index (χ3n) is 19.4. The molecule has 14 aromatic rings. The summed E-state index contributed by atoms with van der Waals surface area (Å²) in [5.41, 5.74) is 21.6. The zero-order valence-corrected chi connectivity index (χ0v) is 44.6. The molecule has 386 valence electrons. The first-order valence-corrected chi connectivity index (χ1v) is 29.0. The molecule has 4 fully saturated rings. The van der Waals surface area contributed by atoms with Crippen LogP contribution in [0.2, 0.25) is 0 Å². The molecule has 0 saturated heterocycles. The van der Waals surface area contributed by atoms with E-state index >= 15 is 0 Å². The van der Waals surface area contributed by atoms with E-state index in [-0.39, 0.29) is 5.41 Å². The van der Waals surface area contributed by atoms with E-state index in [1.165, 1.54) is 76.6 Å². The standard InChI is InChI=1S/C76H54N2O3/c1-3-15-48(16-4-1)50-29-33-54(34-30-50)77(65-24-13-22-59-57-19-7-10-26-68(57)79-73(59)65)56-37-38-61-63(44-56)76(52-40-46-39-47(42-52)43-53(76)41-46)64-45-67(72-62-21-9-12-28-70(62)81-75(72)71(61)64)78(55-35-31-51(32-36-55)49-17-5-2-6-18-49)66-25-14-23-60-58-20-8-11-27-69(58)80-74(60)66/h1-38,44-47,52-53H,39-43H2. The third kappa shape index (κ3) is 6.55. The molecule has 4 bridgehead atoms. The van der Waals surface area contributed by atoms with Crippen LogP contribution in [-0.2, 0) is 5.41 Å². The summed E-state index contributed by atoms with van der Waals surface area (Å²) in [6.07, 6.45) is 6.29. The first kappa shape index (κ1) is 45.3. The van der Waals surface area contributed by atoms with Crippen LogP contribution in [0.25, 0.3) is 99.2 Å². The molecule has 11 aromatic carbocycles. The Hall–Kier alpha value is -9.58. The molecule has 81 heavy (non-hydrogen) atoms. The molecule has 0 atom stereocenters. The minimum atomic E-state index is -0.265. The molecule has 5 nitrogen and oxygen atoms in total. The van der Waals surface area contributed by atoms with E-state index in [9.17, 15) is 0 Å². The van der Waals surface area contributed by atoms with Crippen LogP contribution in [0.15, 0.2) is 256 Å². The van der Waals surface area contributed by atoms with Gasteiger partial charge in [-0.25, -0.2) is 0 Å². The van der Waals surface area contributed by atoms with E-state index < -0.39 is 0 Å². The number of fused-ring (bicyclic) bond motifs is 13. The Balaban J connectivity index is 0.909. The van der Waals surface area contributed by atoms with Gasteiger partial charge in [0.05, 0.1) is 22.4 Å². The molecule has 0 radical (unpaired) electrons. The van der Waals surface area contributed by atoms with Gasteiger partial charge in [0.1, 0.15) is 22.3 Å². The topological polar surface area (TPSA) is 45.9 Å². The van der Waals surface area contributed by atoms with Gasteiger partial charge in [0, 0.05) is 55.0 Å². The highest BCUT2D eigenvalue weighted by Gasteiger charge is 2.62. The Morgan fingerprint density at radius 2 is 0.765 bits per heavy atom. The lowest BCUT2D eigenvalue weighted by molar-refractivity contribution is -0.0398. The van der Waals surface area contributed by atoms with E-state index in [1.54, 1.807) is 0 Å². The van der Waals surface area contributed by atoms with Crippen molar-refractivity contribution < 1.29 is 13.3 Å². The molecule has 5 aliphatic carbocycles. The van der Waals surface area contributed by atoms with Gasteiger partial charge in [-0.3, -0.25) is 0 Å². The van der Waals surface area contributed by atoms with Gasteiger partial charge in [-0.2, -0.15) is 0 Å². The summed E-state index contributed by atoms with van der Waals surface area (Å²) in [4.78, 5) is 4.96. The predicted octanol–water partition coefficient (Wildman–Crippen LogP) is 21.4. The number of benzene rings is 11. The Morgan fingerprint density at radius 1 is 0.321 bits per heavy atom. The predicted molar refractivity (Wildman–Crippen MR) is 332 cm³/mol. The SMILES string of the molecule is c1ccc(-c2ccc(N(c3ccc4c(c3)C3(c5cc(N(c6ccc(-c7ccccc7)cc6)c6cccc7c6oc6ccccc67)c6c(oc7ccccc76)c5-4)C4CC5CC(C4)CC3C5)c3cccc4c3oc3ccccc34)cc2)cc1. The smallest absolute Gasteiger partial charge is 0.159 e. The molecule has 19 rings (SSSR count). The number of anilines is 6. The highest BCUT2D eigenvalue weighted by atomic mass is 16.3. The summed E-state index contributed by atoms with van der Waals surface area (Å²) in [6.45, 7) is 0. The molecule has 1 spiro atoms. The van der Waals surface area contributed by atoms with Crippen molar-refractivity contribution >= 4 is 99.9 Å². The van der Waals surface area contributed by atoms with Crippen molar-refractivity contribution in [2.75, 3.05) is 9.80 Å². The van der Waals surface area contributed by atoms with E-state index in [0.717, 1.165) is 112 Å². The normalized spacial score (nSPS) is 19.7. The molecular formula is C76H54N2O3. The average molecular weight is 1040 g/mol. The quantitative estimate of drug-likeness (QED) is 0.152. The van der Waals surface area contributed by atoms with Crippen LogP contribution in [0.4, 0.5) is 34.1 Å². The number of nitrogens with zero attached hydrogens (tertiary/aromatic N) is 2. The van der Waals surface area contributed by atoms with Crippen LogP contribution >= 0.6 is 0 Å². The van der Waals surface area contributed by atoms with Crippen LogP contribution in [-0.4, -0.2) is 0 Å². The minimum Gasteiger partial charge on any atom is -0.455 e. The lowest BCUT2D eigenvalue weighted by Gasteiger charge is -2.61. The molecule has 3 aromatic heterocycles. The first-order chi connectivity index (χ1) is 40.1. The van der Waals surface area contributed by atoms with Crippen molar-refractivity contribution in [1.29, 1.82) is 0 Å². The van der Waals surface area contributed by atoms with Gasteiger partial charge in [-0.1, -0.05) is 170 Å². The van der Waals surface area contributed by atoms with E-state index in [4.69, 9.17) is 13.3 Å². The Bertz CT molecular complexity index is 4810. The lowest BCUT2D eigenvalue weighted by atomic mass is 9.43. The van der Waals surface area contributed by atoms with Crippen LogP contribution in [0.3, 0.4) is 0 Å². The first-order valence-electron chi connectivity index (χ1n) is 29.0. The zero-order valence-electron chi connectivity index (χ0n) is 44.6. The Labute approximate surface area is 468 Å².